The number of benzene rings is 2. The van der Waals surface area contributed by atoms with E-state index in [0.717, 1.165) is 24.5 Å². The Hall–Kier alpha value is -2.93. The summed E-state index contributed by atoms with van der Waals surface area (Å²) >= 11 is 6.03. The van der Waals surface area contributed by atoms with E-state index in [1.807, 2.05) is 31.2 Å². The standard InChI is InChI=1S/C25H27ClFN3O3/c1-17-4-6-18(7-5-17)23(31)30-10-2-3-19(16-30)24(32)28-11-13-29(14-12-28)25(33)21-9-8-20(27)15-22(21)26/h4-9,15,19H,2-3,10-14,16H2,1H3. The molecule has 0 bridgehead atoms. The van der Waals surface area contributed by atoms with Gasteiger partial charge in [0.15, 0.2) is 0 Å². The number of halogens is 2. The Bertz CT molecular complexity index is 1050. The Kier molecular flexibility index (Phi) is 6.98. The highest BCUT2D eigenvalue weighted by molar-refractivity contribution is 6.33. The average molecular weight is 472 g/mol. The van der Waals surface area contributed by atoms with Crippen LogP contribution in [0, 0.1) is 18.7 Å². The molecule has 0 saturated carbocycles. The van der Waals surface area contributed by atoms with Crippen LogP contribution in [0.25, 0.3) is 0 Å². The van der Waals surface area contributed by atoms with Crippen LogP contribution in [0.1, 0.15) is 39.1 Å². The van der Waals surface area contributed by atoms with E-state index in [-0.39, 0.29) is 34.2 Å². The molecule has 0 aliphatic carbocycles. The van der Waals surface area contributed by atoms with E-state index in [9.17, 15) is 18.8 Å². The highest BCUT2D eigenvalue weighted by atomic mass is 35.5. The summed E-state index contributed by atoms with van der Waals surface area (Å²) in [5.74, 6) is -1.00. The van der Waals surface area contributed by atoms with E-state index < -0.39 is 5.82 Å². The Morgan fingerprint density at radius 3 is 2.21 bits per heavy atom. The van der Waals surface area contributed by atoms with Gasteiger partial charge in [-0.25, -0.2) is 4.39 Å². The highest BCUT2D eigenvalue weighted by Crippen LogP contribution is 2.23. The molecule has 0 N–H and O–H groups in total. The van der Waals surface area contributed by atoms with Crippen molar-refractivity contribution < 1.29 is 18.8 Å². The molecule has 2 saturated heterocycles. The maximum Gasteiger partial charge on any atom is 0.255 e. The van der Waals surface area contributed by atoms with Crippen molar-refractivity contribution in [3.8, 4) is 0 Å². The largest absolute Gasteiger partial charge is 0.339 e. The zero-order chi connectivity index (χ0) is 23.5. The normalized spacial score (nSPS) is 18.9. The van der Waals surface area contributed by atoms with E-state index in [0.29, 0.717) is 44.8 Å². The predicted molar refractivity (Wildman–Crippen MR) is 124 cm³/mol. The molecule has 3 amide bonds. The van der Waals surface area contributed by atoms with Gasteiger partial charge in [0.2, 0.25) is 5.91 Å². The molecule has 0 radical (unpaired) electrons. The number of piperidine rings is 1. The second kappa shape index (κ2) is 9.91. The van der Waals surface area contributed by atoms with Crippen LogP contribution in [0.3, 0.4) is 0 Å². The topological polar surface area (TPSA) is 60.9 Å². The monoisotopic (exact) mass is 471 g/mol. The first kappa shape index (κ1) is 23.2. The van der Waals surface area contributed by atoms with Gasteiger partial charge in [-0.15, -0.1) is 0 Å². The molecular weight excluding hydrogens is 445 g/mol. The molecule has 2 heterocycles. The first-order chi connectivity index (χ1) is 15.8. The molecule has 2 aromatic rings. The lowest BCUT2D eigenvalue weighted by Crippen LogP contribution is -2.54. The lowest BCUT2D eigenvalue weighted by Gasteiger charge is -2.39. The fraction of sp³-hybridized carbons (Fsp3) is 0.400. The van der Waals surface area contributed by atoms with Crippen LogP contribution >= 0.6 is 11.6 Å². The van der Waals surface area contributed by atoms with Crippen LogP contribution in [-0.2, 0) is 4.79 Å². The number of hydrogen-bond acceptors (Lipinski definition) is 3. The lowest BCUT2D eigenvalue weighted by molar-refractivity contribution is -0.138. The molecule has 2 fully saturated rings. The molecule has 174 valence electrons. The third-order valence-corrected chi connectivity index (χ3v) is 6.71. The van der Waals surface area contributed by atoms with E-state index in [1.165, 1.54) is 12.1 Å². The van der Waals surface area contributed by atoms with Gasteiger partial charge in [-0.05, 0) is 50.1 Å². The van der Waals surface area contributed by atoms with E-state index in [4.69, 9.17) is 11.6 Å². The number of carbonyl (C=O) groups is 3. The number of nitrogens with zero attached hydrogens (tertiary/aromatic N) is 3. The van der Waals surface area contributed by atoms with E-state index in [2.05, 4.69) is 0 Å². The number of hydrogen-bond donors (Lipinski definition) is 0. The minimum atomic E-state index is -0.491. The molecule has 1 unspecified atom stereocenters. The number of aryl methyl sites for hydroxylation is 1. The van der Waals surface area contributed by atoms with Gasteiger partial charge < -0.3 is 14.7 Å². The van der Waals surface area contributed by atoms with Gasteiger partial charge in [-0.1, -0.05) is 29.3 Å². The molecule has 8 heteroatoms. The van der Waals surface area contributed by atoms with E-state index in [1.54, 1.807) is 14.7 Å². The quantitative estimate of drug-likeness (QED) is 0.687. The summed E-state index contributed by atoms with van der Waals surface area (Å²) in [4.78, 5) is 44.0. The van der Waals surface area contributed by atoms with Gasteiger partial charge in [0.1, 0.15) is 5.82 Å². The zero-order valence-corrected chi connectivity index (χ0v) is 19.4. The summed E-state index contributed by atoms with van der Waals surface area (Å²) in [7, 11) is 0. The van der Waals surface area contributed by atoms with Gasteiger partial charge in [-0.3, -0.25) is 14.4 Å². The second-order valence-electron chi connectivity index (χ2n) is 8.70. The molecule has 6 nitrogen and oxygen atoms in total. The van der Waals surface area contributed by atoms with Crippen LogP contribution in [-0.4, -0.2) is 71.7 Å². The average Bonchev–Trinajstić information content (AvgIpc) is 2.83. The number of amides is 3. The Labute approximate surface area is 197 Å². The van der Waals surface area contributed by atoms with Crippen LogP contribution < -0.4 is 0 Å². The summed E-state index contributed by atoms with van der Waals surface area (Å²) in [6.45, 7) is 4.66. The molecule has 2 aliphatic heterocycles. The molecule has 2 aromatic carbocycles. The fourth-order valence-corrected chi connectivity index (χ4v) is 4.71. The SMILES string of the molecule is Cc1ccc(C(=O)N2CCCC(C(=O)N3CCN(C(=O)c4ccc(F)cc4Cl)CC3)C2)cc1. The fourth-order valence-electron chi connectivity index (χ4n) is 4.46. The second-order valence-corrected chi connectivity index (χ2v) is 9.11. The van der Waals surface area contributed by atoms with Crippen LogP contribution in [0.4, 0.5) is 4.39 Å². The smallest absolute Gasteiger partial charge is 0.255 e. The van der Waals surface area contributed by atoms with Crippen molar-refractivity contribution in [1.29, 1.82) is 0 Å². The van der Waals surface area contributed by atoms with Crippen molar-refractivity contribution in [3.05, 3.63) is 70.0 Å². The van der Waals surface area contributed by atoms with Crippen molar-refractivity contribution in [2.45, 2.75) is 19.8 Å². The first-order valence-electron chi connectivity index (χ1n) is 11.2. The summed E-state index contributed by atoms with van der Waals surface area (Å²) in [6, 6.07) is 11.2. The van der Waals surface area contributed by atoms with Crippen LogP contribution in [0.15, 0.2) is 42.5 Å². The van der Waals surface area contributed by atoms with Crippen molar-refractivity contribution in [2.75, 3.05) is 39.3 Å². The van der Waals surface area contributed by atoms with Crippen molar-refractivity contribution in [2.24, 2.45) is 5.92 Å². The molecule has 0 aromatic heterocycles. The van der Waals surface area contributed by atoms with Gasteiger partial charge >= 0.3 is 0 Å². The molecule has 1 atom stereocenters. The van der Waals surface area contributed by atoms with Gasteiger partial charge in [-0.2, -0.15) is 0 Å². The molecule has 4 rings (SSSR count). The number of rotatable bonds is 3. The van der Waals surface area contributed by atoms with Gasteiger partial charge in [0.05, 0.1) is 16.5 Å². The van der Waals surface area contributed by atoms with Crippen molar-refractivity contribution >= 4 is 29.3 Å². The summed E-state index contributed by atoms with van der Waals surface area (Å²) < 4.78 is 13.3. The summed E-state index contributed by atoms with van der Waals surface area (Å²) in [5.41, 5.74) is 1.99. The lowest BCUT2D eigenvalue weighted by atomic mass is 9.95. The molecule has 2 aliphatic rings. The number of likely N-dealkylation sites (tertiary alicyclic amines) is 1. The van der Waals surface area contributed by atoms with Crippen molar-refractivity contribution in [3.63, 3.8) is 0 Å². The molecule has 33 heavy (non-hydrogen) atoms. The molecular formula is C25H27ClFN3O3. The minimum absolute atomic E-state index is 0.0309. The molecule has 0 spiro atoms. The third kappa shape index (κ3) is 5.19. The zero-order valence-electron chi connectivity index (χ0n) is 18.6. The number of piperazine rings is 1. The third-order valence-electron chi connectivity index (χ3n) is 6.40. The minimum Gasteiger partial charge on any atom is -0.339 e. The van der Waals surface area contributed by atoms with Crippen LogP contribution in [0.5, 0.6) is 0 Å². The van der Waals surface area contributed by atoms with Crippen LogP contribution in [0.2, 0.25) is 5.02 Å². The Balaban J connectivity index is 1.34. The maximum atomic E-state index is 13.3. The first-order valence-corrected chi connectivity index (χ1v) is 11.6. The Morgan fingerprint density at radius 1 is 0.879 bits per heavy atom. The van der Waals surface area contributed by atoms with Crippen molar-refractivity contribution in [1.82, 2.24) is 14.7 Å². The maximum absolute atomic E-state index is 13.3. The highest BCUT2D eigenvalue weighted by Gasteiger charge is 2.33. The number of carbonyl (C=O) groups excluding carboxylic acids is 3. The summed E-state index contributed by atoms with van der Waals surface area (Å²) in [5, 5.41) is 0.0825. The van der Waals surface area contributed by atoms with E-state index >= 15 is 0 Å². The summed E-state index contributed by atoms with van der Waals surface area (Å²) in [6.07, 6.45) is 1.54. The predicted octanol–water partition coefficient (Wildman–Crippen LogP) is 3.62. The van der Waals surface area contributed by atoms with Gasteiger partial charge in [0.25, 0.3) is 11.8 Å². The Morgan fingerprint density at radius 2 is 1.55 bits per heavy atom. The van der Waals surface area contributed by atoms with Gasteiger partial charge in [0, 0.05) is 44.8 Å².